The Labute approximate surface area is 159 Å². The first-order chi connectivity index (χ1) is 13.0. The van der Waals surface area contributed by atoms with Gasteiger partial charge in [-0.15, -0.1) is 0 Å². The van der Waals surface area contributed by atoms with E-state index >= 15 is 0 Å². The van der Waals surface area contributed by atoms with Crippen molar-refractivity contribution in [2.45, 2.75) is 13.0 Å². The molecule has 1 atom stereocenters. The van der Waals surface area contributed by atoms with Crippen molar-refractivity contribution in [1.29, 1.82) is 0 Å². The molecule has 1 saturated heterocycles. The number of rotatable bonds is 7. The Bertz CT molecular complexity index is 839. The summed E-state index contributed by atoms with van der Waals surface area (Å²) in [4.78, 5) is 10.5. The van der Waals surface area contributed by atoms with E-state index in [1.165, 1.54) is 10.6 Å². The minimum absolute atomic E-state index is 0.123. The third-order valence-electron chi connectivity index (χ3n) is 4.63. The van der Waals surface area contributed by atoms with E-state index in [4.69, 9.17) is 0 Å². The summed E-state index contributed by atoms with van der Waals surface area (Å²) in [6.07, 6.45) is 0.842. The van der Waals surface area contributed by atoms with Gasteiger partial charge in [0.1, 0.15) is 18.0 Å². The summed E-state index contributed by atoms with van der Waals surface area (Å²) < 4.78 is 25.5. The highest BCUT2D eigenvalue weighted by Gasteiger charge is 2.26. The average molecular weight is 391 g/mol. The smallest absolute Gasteiger partial charge is 0.213 e. The molecule has 9 heteroatoms. The molecule has 8 nitrogen and oxygen atoms in total. The molecule has 1 unspecified atom stereocenters. The second kappa shape index (κ2) is 8.64. The van der Waals surface area contributed by atoms with E-state index < -0.39 is 16.1 Å². The largest absolute Gasteiger partial charge is 0.387 e. The van der Waals surface area contributed by atoms with Crippen LogP contribution in [0.25, 0.3) is 0 Å². The molecule has 0 amide bonds. The summed E-state index contributed by atoms with van der Waals surface area (Å²) in [5.74, 6) is 1.49. The van der Waals surface area contributed by atoms with Crippen molar-refractivity contribution < 1.29 is 13.5 Å². The molecule has 0 bridgehead atoms. The molecule has 0 spiro atoms. The quantitative estimate of drug-likeness (QED) is 0.729. The van der Waals surface area contributed by atoms with Gasteiger partial charge in [0.15, 0.2) is 0 Å². The molecular formula is C18H25N5O3S. The summed E-state index contributed by atoms with van der Waals surface area (Å²) in [5.41, 5.74) is 0.840. The number of hydrogen-bond donors (Lipinski definition) is 2. The van der Waals surface area contributed by atoms with Gasteiger partial charge in [-0.25, -0.2) is 18.4 Å². The Hall–Kier alpha value is -2.23. The van der Waals surface area contributed by atoms with Crippen LogP contribution in [0.5, 0.6) is 0 Å². The van der Waals surface area contributed by atoms with Crippen molar-refractivity contribution in [1.82, 2.24) is 14.3 Å². The van der Waals surface area contributed by atoms with Crippen LogP contribution in [0.3, 0.4) is 0 Å². The van der Waals surface area contributed by atoms with E-state index in [2.05, 4.69) is 15.3 Å². The highest BCUT2D eigenvalue weighted by Crippen LogP contribution is 2.19. The molecule has 1 aromatic carbocycles. The van der Waals surface area contributed by atoms with Gasteiger partial charge in [0.25, 0.3) is 0 Å². The monoisotopic (exact) mass is 391 g/mol. The zero-order valence-electron chi connectivity index (χ0n) is 15.3. The molecule has 1 aliphatic rings. The predicted molar refractivity (Wildman–Crippen MR) is 105 cm³/mol. The highest BCUT2D eigenvalue weighted by atomic mass is 32.2. The number of piperazine rings is 1. The standard InChI is InChI=1S/C18H25N5O3S/c1-2-27(25,26)23-10-8-22(9-11-23)18-12-17(20-14-21-18)19-13-16(24)15-6-4-3-5-7-15/h3-7,12,14,16,24H,2,8-11,13H2,1H3,(H,19,20,21). The predicted octanol–water partition coefficient (Wildman–Crippen LogP) is 1.09. The SMILES string of the molecule is CCS(=O)(=O)N1CCN(c2cc(NCC(O)c3ccccc3)ncn2)CC1. The molecule has 146 valence electrons. The Morgan fingerprint density at radius 1 is 1.15 bits per heavy atom. The average Bonchev–Trinajstić information content (AvgIpc) is 2.73. The van der Waals surface area contributed by atoms with Crippen LogP contribution in [0, 0.1) is 0 Å². The normalized spacial score (nSPS) is 16.9. The third kappa shape index (κ3) is 4.94. The van der Waals surface area contributed by atoms with Crippen LogP contribution in [0.4, 0.5) is 11.6 Å². The second-order valence-corrected chi connectivity index (χ2v) is 8.61. The lowest BCUT2D eigenvalue weighted by molar-refractivity contribution is 0.191. The zero-order chi connectivity index (χ0) is 19.3. The van der Waals surface area contributed by atoms with Crippen LogP contribution in [0.15, 0.2) is 42.7 Å². The van der Waals surface area contributed by atoms with Crippen molar-refractivity contribution in [3.63, 3.8) is 0 Å². The Morgan fingerprint density at radius 3 is 2.52 bits per heavy atom. The van der Waals surface area contributed by atoms with Gasteiger partial charge >= 0.3 is 0 Å². The van der Waals surface area contributed by atoms with E-state index in [9.17, 15) is 13.5 Å². The van der Waals surface area contributed by atoms with Crippen LogP contribution in [-0.4, -0.2) is 66.3 Å². The lowest BCUT2D eigenvalue weighted by Gasteiger charge is -2.34. The number of benzene rings is 1. The van der Waals surface area contributed by atoms with E-state index in [-0.39, 0.29) is 5.75 Å². The van der Waals surface area contributed by atoms with E-state index in [0.717, 1.165) is 11.4 Å². The Kier molecular flexibility index (Phi) is 6.25. The van der Waals surface area contributed by atoms with Crippen LogP contribution in [0.1, 0.15) is 18.6 Å². The molecule has 2 aromatic rings. The fourth-order valence-electron chi connectivity index (χ4n) is 2.99. The van der Waals surface area contributed by atoms with Gasteiger partial charge in [0.2, 0.25) is 10.0 Å². The van der Waals surface area contributed by atoms with Gasteiger partial charge in [0.05, 0.1) is 11.9 Å². The van der Waals surface area contributed by atoms with Gasteiger partial charge in [-0.05, 0) is 12.5 Å². The van der Waals surface area contributed by atoms with Crippen LogP contribution < -0.4 is 10.2 Å². The van der Waals surface area contributed by atoms with Gasteiger partial charge in [-0.3, -0.25) is 0 Å². The summed E-state index contributed by atoms with van der Waals surface area (Å²) in [6, 6.07) is 11.3. The van der Waals surface area contributed by atoms with Gasteiger partial charge < -0.3 is 15.3 Å². The first-order valence-electron chi connectivity index (χ1n) is 9.01. The molecule has 2 heterocycles. The topological polar surface area (TPSA) is 98.7 Å². The molecule has 2 N–H and O–H groups in total. The van der Waals surface area contributed by atoms with E-state index in [0.29, 0.717) is 38.5 Å². The van der Waals surface area contributed by atoms with Crippen molar-refractivity contribution in [2.75, 3.05) is 48.7 Å². The lowest BCUT2D eigenvalue weighted by atomic mass is 10.1. The van der Waals surface area contributed by atoms with E-state index in [1.54, 1.807) is 6.92 Å². The van der Waals surface area contributed by atoms with Crippen LogP contribution >= 0.6 is 0 Å². The first kappa shape index (κ1) is 19.5. The third-order valence-corrected chi connectivity index (χ3v) is 6.52. The molecule has 1 fully saturated rings. The number of anilines is 2. The summed E-state index contributed by atoms with van der Waals surface area (Å²) in [7, 11) is -3.15. The fraction of sp³-hybridized carbons (Fsp3) is 0.444. The van der Waals surface area contributed by atoms with Gasteiger partial charge in [0, 0.05) is 38.8 Å². The van der Waals surface area contributed by atoms with Crippen LogP contribution in [0.2, 0.25) is 0 Å². The van der Waals surface area contributed by atoms with Crippen molar-refractivity contribution in [3.8, 4) is 0 Å². The fourth-order valence-corrected chi connectivity index (χ4v) is 4.07. The maximum absolute atomic E-state index is 12.0. The molecule has 0 saturated carbocycles. The summed E-state index contributed by atoms with van der Waals surface area (Å²) in [5, 5.41) is 13.4. The molecule has 0 aliphatic carbocycles. The number of sulfonamides is 1. The lowest BCUT2D eigenvalue weighted by Crippen LogP contribution is -2.49. The number of hydrogen-bond acceptors (Lipinski definition) is 7. The summed E-state index contributed by atoms with van der Waals surface area (Å²) in [6.45, 7) is 4.08. The minimum atomic E-state index is -3.15. The number of nitrogens with zero attached hydrogens (tertiary/aromatic N) is 4. The van der Waals surface area contributed by atoms with Crippen molar-refractivity contribution in [3.05, 3.63) is 48.3 Å². The number of nitrogens with one attached hydrogen (secondary N) is 1. The molecule has 1 aromatic heterocycles. The van der Waals surface area contributed by atoms with E-state index in [1.807, 2.05) is 41.3 Å². The molecule has 1 aliphatic heterocycles. The van der Waals surface area contributed by atoms with Gasteiger partial charge in [-0.1, -0.05) is 30.3 Å². The Balaban J connectivity index is 1.58. The Morgan fingerprint density at radius 2 is 1.85 bits per heavy atom. The summed E-state index contributed by atoms with van der Waals surface area (Å²) >= 11 is 0. The van der Waals surface area contributed by atoms with Gasteiger partial charge in [-0.2, -0.15) is 4.31 Å². The maximum Gasteiger partial charge on any atom is 0.213 e. The minimum Gasteiger partial charge on any atom is -0.387 e. The number of aliphatic hydroxyl groups is 1. The number of aliphatic hydroxyl groups excluding tert-OH is 1. The highest BCUT2D eigenvalue weighted by molar-refractivity contribution is 7.89. The van der Waals surface area contributed by atoms with Crippen molar-refractivity contribution >= 4 is 21.7 Å². The molecular weight excluding hydrogens is 366 g/mol. The molecule has 0 radical (unpaired) electrons. The second-order valence-electron chi connectivity index (χ2n) is 6.36. The maximum atomic E-state index is 12.0. The first-order valence-corrected chi connectivity index (χ1v) is 10.6. The molecule has 3 rings (SSSR count). The zero-order valence-corrected chi connectivity index (χ0v) is 16.1. The number of aromatic nitrogens is 2. The molecule has 27 heavy (non-hydrogen) atoms. The van der Waals surface area contributed by atoms with Crippen molar-refractivity contribution in [2.24, 2.45) is 0 Å². The van der Waals surface area contributed by atoms with Crippen LogP contribution in [-0.2, 0) is 10.0 Å².